The predicted molar refractivity (Wildman–Crippen MR) is 171 cm³/mol. The molecule has 8 atom stereocenters. The Morgan fingerprint density at radius 1 is 1.09 bits per heavy atom. The number of anilines is 1. The summed E-state index contributed by atoms with van der Waals surface area (Å²) in [5.41, 5.74) is 0.598. The summed E-state index contributed by atoms with van der Waals surface area (Å²) < 4.78 is 6.53. The topological polar surface area (TPSA) is 91.0 Å². The number of hydrogen-bond donors (Lipinski definition) is 2. The molecule has 1 aliphatic carbocycles. The minimum absolute atomic E-state index is 0.0418. The molecule has 234 valence electrons. The van der Waals surface area contributed by atoms with E-state index in [1.807, 2.05) is 30.4 Å². The number of halogens is 1. The van der Waals surface area contributed by atoms with Crippen LogP contribution < -0.4 is 10.6 Å². The summed E-state index contributed by atoms with van der Waals surface area (Å²) in [6.45, 7) is 6.38. The maximum absolute atomic E-state index is 14.3. The quantitative estimate of drug-likeness (QED) is 0.370. The average Bonchev–Trinajstić information content (AvgIpc) is 3.63. The van der Waals surface area contributed by atoms with E-state index in [1.165, 1.54) is 5.56 Å². The van der Waals surface area contributed by atoms with Crippen LogP contribution in [0.3, 0.4) is 0 Å². The van der Waals surface area contributed by atoms with Crippen molar-refractivity contribution in [1.82, 2.24) is 15.1 Å². The summed E-state index contributed by atoms with van der Waals surface area (Å²) in [6.07, 6.45) is 6.98. The molecule has 9 heteroatoms. The van der Waals surface area contributed by atoms with Gasteiger partial charge in [0.1, 0.15) is 11.6 Å². The zero-order chi connectivity index (χ0) is 31.0. The van der Waals surface area contributed by atoms with Crippen LogP contribution in [-0.4, -0.2) is 71.4 Å². The number of nitrogens with zero attached hydrogens (tertiary/aromatic N) is 2. The van der Waals surface area contributed by atoms with E-state index in [1.54, 1.807) is 29.2 Å². The van der Waals surface area contributed by atoms with E-state index in [0.29, 0.717) is 35.5 Å². The Kier molecular flexibility index (Phi) is 8.86. The number of rotatable bonds is 10. The van der Waals surface area contributed by atoms with Crippen molar-refractivity contribution in [3.63, 3.8) is 0 Å². The van der Waals surface area contributed by atoms with Crippen molar-refractivity contribution in [1.29, 1.82) is 0 Å². The second-order valence-corrected chi connectivity index (χ2v) is 13.6. The van der Waals surface area contributed by atoms with Crippen molar-refractivity contribution in [2.24, 2.45) is 23.7 Å². The van der Waals surface area contributed by atoms with Crippen LogP contribution in [0.1, 0.15) is 45.1 Å². The Morgan fingerprint density at radius 2 is 1.89 bits per heavy atom. The lowest BCUT2D eigenvalue weighted by Gasteiger charge is -2.38. The monoisotopic (exact) mass is 618 g/mol. The first kappa shape index (κ1) is 30.8. The largest absolute Gasteiger partial charge is 0.359 e. The summed E-state index contributed by atoms with van der Waals surface area (Å²) in [5.74, 6) is -1.37. The number of fused-ring (bicyclic) bond motifs is 1. The molecule has 3 fully saturated rings. The molecule has 1 spiro atoms. The van der Waals surface area contributed by atoms with Gasteiger partial charge in [0.2, 0.25) is 17.7 Å². The number of benzene rings is 2. The Labute approximate surface area is 265 Å². The summed E-state index contributed by atoms with van der Waals surface area (Å²) in [5, 5.41) is 6.78. The third-order valence-corrected chi connectivity index (χ3v) is 10.5. The molecule has 2 saturated heterocycles. The fourth-order valence-electron chi connectivity index (χ4n) is 7.83. The van der Waals surface area contributed by atoms with Gasteiger partial charge in [-0.2, -0.15) is 0 Å². The van der Waals surface area contributed by atoms with Gasteiger partial charge in [0.05, 0.1) is 17.9 Å². The first-order valence-corrected chi connectivity index (χ1v) is 16.3. The van der Waals surface area contributed by atoms with Gasteiger partial charge in [-0.25, -0.2) is 0 Å². The molecule has 44 heavy (non-hydrogen) atoms. The average molecular weight is 619 g/mol. The Bertz CT molecular complexity index is 1420. The third kappa shape index (κ3) is 5.80. The lowest BCUT2D eigenvalue weighted by atomic mass is 9.73. The van der Waals surface area contributed by atoms with Crippen molar-refractivity contribution in [2.45, 2.75) is 69.9 Å². The molecule has 1 saturated carbocycles. The summed E-state index contributed by atoms with van der Waals surface area (Å²) in [7, 11) is 2.06. The number of carbonyl (C=O) groups is 3. The van der Waals surface area contributed by atoms with E-state index in [4.69, 9.17) is 16.3 Å². The van der Waals surface area contributed by atoms with E-state index < -0.39 is 29.6 Å². The molecule has 3 amide bonds. The van der Waals surface area contributed by atoms with E-state index in [0.717, 1.165) is 32.4 Å². The summed E-state index contributed by atoms with van der Waals surface area (Å²) >= 11 is 6.15. The zero-order valence-corrected chi connectivity index (χ0v) is 26.5. The highest BCUT2D eigenvalue weighted by molar-refractivity contribution is 6.30. The molecule has 8 nitrogen and oxygen atoms in total. The molecule has 2 bridgehead atoms. The van der Waals surface area contributed by atoms with E-state index in [-0.39, 0.29) is 23.8 Å². The van der Waals surface area contributed by atoms with E-state index in [2.05, 4.69) is 48.6 Å². The number of ether oxygens (including phenoxy) is 1. The van der Waals surface area contributed by atoms with Gasteiger partial charge >= 0.3 is 0 Å². The smallest absolute Gasteiger partial charge is 0.246 e. The van der Waals surface area contributed by atoms with Crippen LogP contribution in [0.25, 0.3) is 0 Å². The van der Waals surface area contributed by atoms with Gasteiger partial charge in [0, 0.05) is 29.8 Å². The van der Waals surface area contributed by atoms with Crippen LogP contribution in [0.2, 0.25) is 5.02 Å². The second-order valence-electron chi connectivity index (χ2n) is 13.2. The highest BCUT2D eigenvalue weighted by Gasteiger charge is 2.72. The molecule has 2 aromatic carbocycles. The Morgan fingerprint density at radius 3 is 2.66 bits per heavy atom. The normalized spacial score (nSPS) is 32.2. The number of likely N-dealkylation sites (tertiary alicyclic amines) is 1. The molecule has 6 rings (SSSR count). The molecule has 3 aliphatic heterocycles. The number of carbonyl (C=O) groups excluding carboxylic acids is 3. The van der Waals surface area contributed by atoms with Crippen LogP contribution in [0.5, 0.6) is 0 Å². The van der Waals surface area contributed by atoms with Crippen molar-refractivity contribution in [3.8, 4) is 0 Å². The highest BCUT2D eigenvalue weighted by Crippen LogP contribution is 2.55. The van der Waals surface area contributed by atoms with E-state index in [9.17, 15) is 14.4 Å². The Balaban J connectivity index is 1.23. The molecule has 0 radical (unpaired) electrons. The van der Waals surface area contributed by atoms with Crippen molar-refractivity contribution in [2.75, 3.05) is 25.5 Å². The van der Waals surface area contributed by atoms with Crippen molar-refractivity contribution in [3.05, 3.63) is 77.3 Å². The van der Waals surface area contributed by atoms with Crippen LogP contribution in [0.4, 0.5) is 5.69 Å². The van der Waals surface area contributed by atoms with Gasteiger partial charge in [-0.05, 0) is 62.0 Å². The molecule has 2 aromatic rings. The zero-order valence-electron chi connectivity index (χ0n) is 25.7. The van der Waals surface area contributed by atoms with Crippen LogP contribution in [0.15, 0.2) is 66.7 Å². The predicted octanol–water partition coefficient (Wildman–Crippen LogP) is 4.89. The standard InChI is InChI=1S/C35H43ClN4O4/c1-22-10-7-15-27(23(22)2)38-33(42)31-35-17-16-28(44-35)29(32(41)37-26-14-8-13-25(36)20-26)30(35)34(43)40(31)19-9-18-39(3)21-24-11-5-4-6-12-24/h4-6,8,11-14,16-17,20,22-23,27-31H,7,9-10,15,18-19,21H2,1-3H3,(H,37,41)(H,38,42). The van der Waals surface area contributed by atoms with Crippen LogP contribution in [-0.2, 0) is 25.7 Å². The Hall–Kier alpha value is -3.20. The van der Waals surface area contributed by atoms with Gasteiger partial charge in [0.15, 0.2) is 0 Å². The molecule has 4 aliphatic rings. The second kappa shape index (κ2) is 12.7. The SMILES string of the molecule is CC1CCCC(NC(=O)C2N(CCCN(C)Cc3ccccc3)C(=O)C3C(C(=O)Nc4cccc(Cl)c4)C4C=CC32O4)C1C. The van der Waals surface area contributed by atoms with Gasteiger partial charge in [-0.15, -0.1) is 0 Å². The van der Waals surface area contributed by atoms with Crippen LogP contribution in [0, 0.1) is 23.7 Å². The fraction of sp³-hybridized carbons (Fsp3) is 0.514. The molecule has 2 N–H and O–H groups in total. The van der Waals surface area contributed by atoms with Crippen LogP contribution >= 0.6 is 11.6 Å². The van der Waals surface area contributed by atoms with Gasteiger partial charge in [-0.1, -0.05) is 86.8 Å². The third-order valence-electron chi connectivity index (χ3n) is 10.3. The maximum atomic E-state index is 14.3. The summed E-state index contributed by atoms with van der Waals surface area (Å²) in [6, 6.07) is 16.4. The highest BCUT2D eigenvalue weighted by atomic mass is 35.5. The first-order chi connectivity index (χ1) is 21.2. The van der Waals surface area contributed by atoms with Gasteiger partial charge < -0.3 is 25.2 Å². The van der Waals surface area contributed by atoms with Crippen molar-refractivity contribution < 1.29 is 19.1 Å². The van der Waals surface area contributed by atoms with Crippen molar-refractivity contribution >= 4 is 35.0 Å². The minimum Gasteiger partial charge on any atom is -0.359 e. The van der Waals surface area contributed by atoms with Gasteiger partial charge in [-0.3, -0.25) is 14.4 Å². The fourth-order valence-corrected chi connectivity index (χ4v) is 8.02. The minimum atomic E-state index is -1.18. The summed E-state index contributed by atoms with van der Waals surface area (Å²) in [4.78, 5) is 46.2. The lowest BCUT2D eigenvalue weighted by Crippen LogP contribution is -2.58. The molecule has 0 aromatic heterocycles. The lowest BCUT2D eigenvalue weighted by molar-refractivity contribution is -0.141. The number of hydrogen-bond acceptors (Lipinski definition) is 5. The molecular formula is C35H43ClN4O4. The molecule has 3 heterocycles. The van der Waals surface area contributed by atoms with E-state index >= 15 is 0 Å². The number of amides is 3. The molecular weight excluding hydrogens is 576 g/mol. The number of nitrogens with one attached hydrogen (secondary N) is 2. The maximum Gasteiger partial charge on any atom is 0.246 e. The first-order valence-electron chi connectivity index (χ1n) is 15.9. The molecule has 8 unspecified atom stereocenters. The van der Waals surface area contributed by atoms with Gasteiger partial charge in [0.25, 0.3) is 0 Å².